The largest absolute Gasteiger partial charge is 0.494 e. The van der Waals surface area contributed by atoms with Gasteiger partial charge in [0.2, 0.25) is 5.95 Å². The SMILES string of the molecule is COc1ccc(CC2CNc3cc(-c4ccnc(Nc5ccnn5C)n4)cc4nnc2n34)cc1F. The minimum atomic E-state index is -0.368. The Morgan fingerprint density at radius 3 is 2.86 bits per heavy atom. The average molecular weight is 472 g/mol. The second-order valence-corrected chi connectivity index (χ2v) is 8.36. The molecule has 1 unspecified atom stereocenters. The van der Waals surface area contributed by atoms with Crippen LogP contribution in [0.2, 0.25) is 0 Å². The first-order valence-electron chi connectivity index (χ1n) is 11.1. The summed E-state index contributed by atoms with van der Waals surface area (Å²) >= 11 is 0. The van der Waals surface area contributed by atoms with E-state index in [0.717, 1.165) is 34.3 Å². The van der Waals surface area contributed by atoms with Gasteiger partial charge in [-0.15, -0.1) is 10.2 Å². The standard InChI is InChI=1S/C24H22FN9O/c1-33-20(6-8-28-33)30-24-26-7-5-18(29-24)15-11-21-27-13-16(23-32-31-22(12-15)34(21)23)9-14-3-4-19(35-2)17(25)10-14/h3-8,10-12,16,27H,9,13H2,1-2H3,(H,26,29,30). The van der Waals surface area contributed by atoms with Crippen LogP contribution in [0.3, 0.4) is 0 Å². The van der Waals surface area contributed by atoms with E-state index in [1.807, 2.05) is 41.8 Å². The summed E-state index contributed by atoms with van der Waals surface area (Å²) in [4.78, 5) is 8.99. The van der Waals surface area contributed by atoms with Gasteiger partial charge in [-0.25, -0.2) is 14.4 Å². The number of aryl methyl sites for hydroxylation is 1. The molecule has 2 N–H and O–H groups in total. The van der Waals surface area contributed by atoms with Crippen molar-refractivity contribution in [3.8, 4) is 17.0 Å². The topological polar surface area (TPSA) is 107 Å². The van der Waals surface area contributed by atoms with Crippen molar-refractivity contribution in [3.63, 3.8) is 0 Å². The lowest BCUT2D eigenvalue weighted by Gasteiger charge is -2.24. The molecule has 0 amide bonds. The first kappa shape index (κ1) is 21.0. The van der Waals surface area contributed by atoms with Crippen molar-refractivity contribution in [2.75, 3.05) is 24.3 Å². The Labute approximate surface area is 199 Å². The smallest absolute Gasteiger partial charge is 0.228 e. The number of nitrogens with one attached hydrogen (secondary N) is 2. The van der Waals surface area contributed by atoms with Crippen molar-refractivity contribution in [3.05, 3.63) is 72.1 Å². The minimum Gasteiger partial charge on any atom is -0.494 e. The van der Waals surface area contributed by atoms with Crippen molar-refractivity contribution in [2.24, 2.45) is 7.05 Å². The highest BCUT2D eigenvalue weighted by molar-refractivity contribution is 5.71. The zero-order valence-corrected chi connectivity index (χ0v) is 19.1. The summed E-state index contributed by atoms with van der Waals surface area (Å²) in [6.07, 6.45) is 4.05. The van der Waals surface area contributed by atoms with Crippen molar-refractivity contribution in [1.29, 1.82) is 0 Å². The third kappa shape index (κ3) is 3.80. The van der Waals surface area contributed by atoms with Gasteiger partial charge in [0.25, 0.3) is 0 Å². The molecular formula is C24H22FN9O. The summed E-state index contributed by atoms with van der Waals surface area (Å²) in [5, 5.41) is 19.7. The fourth-order valence-corrected chi connectivity index (χ4v) is 4.38. The summed E-state index contributed by atoms with van der Waals surface area (Å²) in [6, 6.07) is 12.7. The Morgan fingerprint density at radius 2 is 2.06 bits per heavy atom. The number of pyridine rings is 1. The molecule has 176 valence electrons. The zero-order valence-electron chi connectivity index (χ0n) is 19.1. The van der Waals surface area contributed by atoms with E-state index in [9.17, 15) is 4.39 Å². The van der Waals surface area contributed by atoms with Crippen LogP contribution in [0.15, 0.2) is 54.9 Å². The van der Waals surface area contributed by atoms with Crippen LogP contribution in [0.4, 0.5) is 22.0 Å². The number of ether oxygens (including phenoxy) is 1. The maximum Gasteiger partial charge on any atom is 0.228 e. The van der Waals surface area contributed by atoms with E-state index in [-0.39, 0.29) is 17.5 Å². The Morgan fingerprint density at radius 1 is 1.14 bits per heavy atom. The van der Waals surface area contributed by atoms with Gasteiger partial charge >= 0.3 is 0 Å². The molecule has 5 heterocycles. The third-order valence-corrected chi connectivity index (χ3v) is 6.14. The molecule has 0 saturated carbocycles. The summed E-state index contributed by atoms with van der Waals surface area (Å²) in [5.74, 6) is 2.91. The predicted molar refractivity (Wildman–Crippen MR) is 128 cm³/mol. The summed E-state index contributed by atoms with van der Waals surface area (Å²) in [7, 11) is 3.30. The highest BCUT2D eigenvalue weighted by atomic mass is 19.1. The van der Waals surface area contributed by atoms with Gasteiger partial charge in [0.05, 0.1) is 19.0 Å². The molecule has 10 nitrogen and oxygen atoms in total. The molecule has 35 heavy (non-hydrogen) atoms. The lowest BCUT2D eigenvalue weighted by molar-refractivity contribution is 0.386. The van der Waals surface area contributed by atoms with Crippen LogP contribution < -0.4 is 15.4 Å². The molecule has 0 bridgehead atoms. The zero-order chi connectivity index (χ0) is 23.9. The van der Waals surface area contributed by atoms with Crippen LogP contribution >= 0.6 is 0 Å². The Balaban J connectivity index is 1.30. The van der Waals surface area contributed by atoms with Gasteiger partial charge in [-0.05, 0) is 42.3 Å². The minimum absolute atomic E-state index is 0.0462. The number of methoxy groups -OCH3 is 1. The van der Waals surface area contributed by atoms with E-state index in [1.54, 1.807) is 23.1 Å². The van der Waals surface area contributed by atoms with Gasteiger partial charge < -0.3 is 15.4 Å². The number of aromatic nitrogens is 7. The lowest BCUT2D eigenvalue weighted by Crippen LogP contribution is -2.24. The number of nitrogens with zero attached hydrogens (tertiary/aromatic N) is 7. The summed E-state index contributed by atoms with van der Waals surface area (Å²) in [6.45, 7) is 0.655. The van der Waals surface area contributed by atoms with Gasteiger partial charge in [0.1, 0.15) is 17.5 Å². The van der Waals surface area contributed by atoms with Crippen molar-refractivity contribution < 1.29 is 9.13 Å². The molecule has 0 radical (unpaired) electrons. The lowest BCUT2D eigenvalue weighted by atomic mass is 9.97. The molecule has 4 aromatic heterocycles. The average Bonchev–Trinajstić information content (AvgIpc) is 3.48. The van der Waals surface area contributed by atoms with Crippen LogP contribution in [0.25, 0.3) is 16.9 Å². The molecule has 1 atom stereocenters. The van der Waals surface area contributed by atoms with Crippen LogP contribution in [0.5, 0.6) is 5.75 Å². The molecule has 6 rings (SSSR count). The maximum atomic E-state index is 14.2. The molecule has 0 aliphatic carbocycles. The van der Waals surface area contributed by atoms with E-state index in [2.05, 4.69) is 35.9 Å². The third-order valence-electron chi connectivity index (χ3n) is 6.14. The highest BCUT2D eigenvalue weighted by Gasteiger charge is 2.26. The van der Waals surface area contributed by atoms with Crippen LogP contribution in [0.1, 0.15) is 17.3 Å². The van der Waals surface area contributed by atoms with Crippen LogP contribution in [-0.4, -0.2) is 48.0 Å². The van der Waals surface area contributed by atoms with Gasteiger partial charge in [-0.2, -0.15) is 5.10 Å². The Kier molecular flexibility index (Phi) is 5.02. The monoisotopic (exact) mass is 471 g/mol. The van der Waals surface area contributed by atoms with Crippen LogP contribution in [0, 0.1) is 5.82 Å². The molecule has 1 aliphatic rings. The number of hydrogen-bond acceptors (Lipinski definition) is 8. The number of anilines is 3. The van der Waals surface area contributed by atoms with E-state index in [1.165, 1.54) is 13.2 Å². The fourth-order valence-electron chi connectivity index (χ4n) is 4.38. The Bertz CT molecular complexity index is 1540. The van der Waals surface area contributed by atoms with E-state index in [0.29, 0.717) is 24.6 Å². The first-order valence-corrected chi connectivity index (χ1v) is 11.1. The molecule has 1 aromatic carbocycles. The number of benzene rings is 1. The van der Waals surface area contributed by atoms with Crippen molar-refractivity contribution >= 4 is 23.2 Å². The first-order chi connectivity index (χ1) is 17.1. The quantitative estimate of drug-likeness (QED) is 0.387. The molecule has 5 aromatic rings. The molecule has 1 aliphatic heterocycles. The Hall–Kier alpha value is -4.54. The molecule has 11 heteroatoms. The highest BCUT2D eigenvalue weighted by Crippen LogP contribution is 2.32. The maximum absolute atomic E-state index is 14.2. The van der Waals surface area contributed by atoms with Gasteiger partial charge in [-0.1, -0.05) is 6.07 Å². The second-order valence-electron chi connectivity index (χ2n) is 8.36. The van der Waals surface area contributed by atoms with E-state index < -0.39 is 0 Å². The second kappa shape index (κ2) is 8.35. The van der Waals surface area contributed by atoms with Crippen LogP contribution in [-0.2, 0) is 13.5 Å². The number of halogens is 1. The van der Waals surface area contributed by atoms with E-state index >= 15 is 0 Å². The molecule has 0 spiro atoms. The normalized spacial score (nSPS) is 14.7. The van der Waals surface area contributed by atoms with Crippen molar-refractivity contribution in [1.82, 2.24) is 34.3 Å². The number of hydrogen-bond donors (Lipinski definition) is 2. The molecule has 0 saturated heterocycles. The van der Waals surface area contributed by atoms with Gasteiger partial charge in [0.15, 0.2) is 17.2 Å². The fraction of sp³-hybridized carbons (Fsp3) is 0.208. The number of rotatable bonds is 6. The molecule has 0 fully saturated rings. The predicted octanol–water partition coefficient (Wildman–Crippen LogP) is 3.56. The van der Waals surface area contributed by atoms with Gasteiger partial charge in [0, 0.05) is 37.3 Å². The van der Waals surface area contributed by atoms with Gasteiger partial charge in [-0.3, -0.25) is 9.08 Å². The summed E-state index contributed by atoms with van der Waals surface area (Å²) < 4.78 is 22.9. The summed E-state index contributed by atoms with van der Waals surface area (Å²) in [5.41, 5.74) is 3.24. The van der Waals surface area contributed by atoms with E-state index in [4.69, 9.17) is 4.74 Å². The molecular weight excluding hydrogens is 449 g/mol. The van der Waals surface area contributed by atoms with Crippen molar-refractivity contribution in [2.45, 2.75) is 12.3 Å².